The van der Waals surface area contributed by atoms with Crippen LogP contribution >= 0.6 is 0 Å². The first-order valence-corrected chi connectivity index (χ1v) is 27.1. The van der Waals surface area contributed by atoms with Crippen molar-refractivity contribution in [1.82, 2.24) is 20.0 Å². The second-order valence-electron chi connectivity index (χ2n) is 22.6. The number of nitrogens with zero attached hydrogens (tertiary/aromatic N) is 3. The lowest BCUT2D eigenvalue weighted by atomic mass is 9.81. The molecule has 8 unspecified atom stereocenters. The summed E-state index contributed by atoms with van der Waals surface area (Å²) in [5.41, 5.74) is 2.29. The van der Waals surface area contributed by atoms with Gasteiger partial charge in [0, 0.05) is 87.0 Å². The molecule has 70 heavy (non-hydrogen) atoms. The number of hydrogen-bond acceptors (Lipinski definition) is 8. The van der Waals surface area contributed by atoms with Crippen molar-refractivity contribution in [1.29, 1.82) is 0 Å². The minimum Gasteiger partial charge on any atom is -0.393 e. The molecule has 5 N–H and O–H groups in total. The SMILES string of the molecule is C.C#CCCCC.C#CCCN1C2CCC1CC(O)(Cc1ccccc1)C2.CN1C2CCC1CC(O)(Cc1ccccc1)C2.CN1C2CCC1CC(O)C2.OC1(Cc2ccccc2)CC2CCC(C1)N2. The van der Waals surface area contributed by atoms with E-state index in [2.05, 4.69) is 114 Å². The highest BCUT2D eigenvalue weighted by Crippen LogP contribution is 2.43. The number of piperidine rings is 4. The van der Waals surface area contributed by atoms with Gasteiger partial charge in [-0.3, -0.25) is 4.90 Å². The third-order valence-electron chi connectivity index (χ3n) is 17.2. The Hall–Kier alpha value is -3.54. The van der Waals surface area contributed by atoms with Crippen molar-refractivity contribution in [2.45, 2.75) is 233 Å². The summed E-state index contributed by atoms with van der Waals surface area (Å²) in [6.07, 6.45) is 34.4. The van der Waals surface area contributed by atoms with Crippen LogP contribution in [-0.2, 0) is 19.3 Å². The van der Waals surface area contributed by atoms with Crippen molar-refractivity contribution >= 4 is 0 Å². The average molecular weight is 957 g/mol. The van der Waals surface area contributed by atoms with Gasteiger partial charge in [0.15, 0.2) is 0 Å². The lowest BCUT2D eigenvalue weighted by Gasteiger charge is -2.44. The van der Waals surface area contributed by atoms with E-state index in [1.807, 2.05) is 30.3 Å². The Bertz CT molecular complexity index is 2000. The van der Waals surface area contributed by atoms with E-state index in [0.29, 0.717) is 48.3 Å². The summed E-state index contributed by atoms with van der Waals surface area (Å²) >= 11 is 0. The van der Waals surface area contributed by atoms with E-state index in [1.54, 1.807) is 0 Å². The molecule has 8 heterocycles. The third-order valence-corrected chi connectivity index (χ3v) is 17.2. The fourth-order valence-corrected chi connectivity index (χ4v) is 13.8. The van der Waals surface area contributed by atoms with Gasteiger partial charge in [-0.1, -0.05) is 112 Å². The van der Waals surface area contributed by atoms with Gasteiger partial charge in [0.2, 0.25) is 0 Å². The topological polar surface area (TPSA) is 103 Å². The summed E-state index contributed by atoms with van der Waals surface area (Å²) in [4.78, 5) is 7.45. The van der Waals surface area contributed by atoms with Crippen LogP contribution in [0.4, 0.5) is 0 Å². The van der Waals surface area contributed by atoms with Gasteiger partial charge in [0.1, 0.15) is 0 Å². The van der Waals surface area contributed by atoms with Crippen molar-refractivity contribution < 1.29 is 20.4 Å². The van der Waals surface area contributed by atoms with Crippen LogP contribution in [0, 0.1) is 24.7 Å². The van der Waals surface area contributed by atoms with Crippen molar-refractivity contribution in [3.63, 3.8) is 0 Å². The minimum atomic E-state index is -0.528. The van der Waals surface area contributed by atoms with E-state index in [4.69, 9.17) is 12.8 Å². The maximum atomic E-state index is 11.0. The normalized spacial score (nSPS) is 34.6. The average Bonchev–Trinajstić information content (AvgIpc) is 3.95. The second-order valence-corrected chi connectivity index (χ2v) is 22.6. The standard InChI is InChI=1S/C18H23NO.C15H21NO.C14H19NO.C8H15NO.C6H10.CH4/c1-2-3-11-19-16-9-10-17(19)14-18(20,13-16)12-15-7-5-4-6-8-15;1-16-13-7-8-14(16)11-15(17,10-13)9-12-5-3-2-4-6-12;16-14(8-11-4-2-1-3-5-11)9-12-6-7-13(10-14)15-12;1-9-6-2-3-7(9)5-8(10)4-6;1-3-5-6-4-2;/h1,4-8,16-17,20H,3,9-14H2;2-6,13-14,17H,7-11H2,1H3;1-5,12-13,15-16H,6-10H2;6-8,10H,2-5H2,1H3;1H,4-6H2,2H3;1H4. The van der Waals surface area contributed by atoms with Crippen LogP contribution in [-0.4, -0.2) is 127 Å². The molecular formula is C62H92N4O4. The molecule has 8 fully saturated rings. The number of aliphatic hydroxyl groups is 4. The smallest absolute Gasteiger partial charge is 0.0717 e. The number of nitrogens with one attached hydrogen (secondary N) is 1. The molecule has 8 aliphatic heterocycles. The lowest BCUT2D eigenvalue weighted by molar-refractivity contribution is -0.0507. The fraction of sp³-hybridized carbons (Fsp3) is 0.645. The summed E-state index contributed by atoms with van der Waals surface area (Å²) < 4.78 is 0. The number of terminal acetylenes is 2. The molecule has 0 spiro atoms. The third kappa shape index (κ3) is 15.7. The van der Waals surface area contributed by atoms with Crippen LogP contribution in [0.3, 0.4) is 0 Å². The molecule has 11 rings (SSSR count). The molecule has 0 radical (unpaired) electrons. The maximum Gasteiger partial charge on any atom is 0.0717 e. The molecule has 0 amide bonds. The van der Waals surface area contributed by atoms with E-state index in [-0.39, 0.29) is 13.5 Å². The summed E-state index contributed by atoms with van der Waals surface area (Å²) in [6, 6.07) is 35.8. The highest BCUT2D eigenvalue weighted by atomic mass is 16.3. The summed E-state index contributed by atoms with van der Waals surface area (Å²) in [5.74, 6) is 5.31. The Kier molecular flexibility index (Phi) is 21.1. The van der Waals surface area contributed by atoms with Crippen LogP contribution < -0.4 is 5.32 Å². The Labute approximate surface area is 425 Å². The van der Waals surface area contributed by atoms with E-state index in [1.165, 1.54) is 80.9 Å². The molecule has 384 valence electrons. The summed E-state index contributed by atoms with van der Waals surface area (Å²) in [6.45, 7) is 3.13. The molecule has 8 atom stereocenters. The number of rotatable bonds is 10. The van der Waals surface area contributed by atoms with Crippen LogP contribution in [0.1, 0.15) is 159 Å². The zero-order valence-corrected chi connectivity index (χ0v) is 42.6. The molecule has 8 saturated heterocycles. The van der Waals surface area contributed by atoms with Crippen molar-refractivity contribution in [2.75, 3.05) is 20.6 Å². The zero-order chi connectivity index (χ0) is 48.9. The molecular weight excluding hydrogens is 865 g/mol. The quantitative estimate of drug-likeness (QED) is 0.101. The second kappa shape index (κ2) is 26.4. The van der Waals surface area contributed by atoms with Crippen LogP contribution in [0.5, 0.6) is 0 Å². The Morgan fingerprint density at radius 3 is 1.27 bits per heavy atom. The number of benzene rings is 3. The van der Waals surface area contributed by atoms with E-state index < -0.39 is 16.8 Å². The summed E-state index contributed by atoms with van der Waals surface area (Å²) in [5, 5.41) is 45.4. The van der Waals surface area contributed by atoms with Gasteiger partial charge < -0.3 is 35.5 Å². The Morgan fingerprint density at radius 1 is 0.529 bits per heavy atom. The lowest BCUT2D eigenvalue weighted by Crippen LogP contribution is -2.52. The number of fused-ring (bicyclic) bond motifs is 8. The van der Waals surface area contributed by atoms with E-state index in [0.717, 1.165) is 90.0 Å². The van der Waals surface area contributed by atoms with E-state index >= 15 is 0 Å². The van der Waals surface area contributed by atoms with Gasteiger partial charge in [0.05, 0.1) is 22.9 Å². The minimum absolute atomic E-state index is 0. The highest BCUT2D eigenvalue weighted by molar-refractivity contribution is 5.21. The van der Waals surface area contributed by atoms with Crippen molar-refractivity contribution in [2.24, 2.45) is 0 Å². The van der Waals surface area contributed by atoms with Gasteiger partial charge in [-0.05, 0) is 140 Å². The molecule has 8 nitrogen and oxygen atoms in total. The first-order chi connectivity index (χ1) is 33.3. The fourth-order valence-electron chi connectivity index (χ4n) is 13.8. The van der Waals surface area contributed by atoms with Gasteiger partial charge in [-0.2, -0.15) is 0 Å². The van der Waals surface area contributed by atoms with Gasteiger partial charge in [-0.15, -0.1) is 24.7 Å². The first-order valence-electron chi connectivity index (χ1n) is 27.1. The van der Waals surface area contributed by atoms with Gasteiger partial charge >= 0.3 is 0 Å². The zero-order valence-electron chi connectivity index (χ0n) is 42.6. The number of aliphatic hydroxyl groups excluding tert-OH is 1. The van der Waals surface area contributed by atoms with E-state index in [9.17, 15) is 20.4 Å². The first kappa shape index (κ1) is 55.8. The van der Waals surface area contributed by atoms with Crippen LogP contribution in [0.2, 0.25) is 0 Å². The van der Waals surface area contributed by atoms with Crippen LogP contribution in [0.25, 0.3) is 0 Å². The largest absolute Gasteiger partial charge is 0.393 e. The van der Waals surface area contributed by atoms with Crippen molar-refractivity contribution in [3.05, 3.63) is 108 Å². The molecule has 8 heteroatoms. The molecule has 8 bridgehead atoms. The summed E-state index contributed by atoms with van der Waals surface area (Å²) in [7, 11) is 4.40. The molecule has 8 aliphatic rings. The Morgan fingerprint density at radius 2 is 0.886 bits per heavy atom. The van der Waals surface area contributed by atoms with Crippen molar-refractivity contribution in [3.8, 4) is 24.7 Å². The number of hydrogen-bond donors (Lipinski definition) is 5. The predicted octanol–water partition coefficient (Wildman–Crippen LogP) is 9.75. The van der Waals surface area contributed by atoms with Crippen LogP contribution in [0.15, 0.2) is 91.0 Å². The predicted molar refractivity (Wildman–Crippen MR) is 289 cm³/mol. The maximum absolute atomic E-state index is 11.0. The highest BCUT2D eigenvalue weighted by Gasteiger charge is 2.48. The number of unbranched alkanes of at least 4 members (excludes halogenated alkanes) is 2. The van der Waals surface area contributed by atoms with Gasteiger partial charge in [-0.25, -0.2) is 0 Å². The molecule has 3 aromatic rings. The molecule has 0 saturated carbocycles. The monoisotopic (exact) mass is 957 g/mol. The molecule has 0 aromatic heterocycles. The molecule has 0 aliphatic carbocycles. The Balaban J connectivity index is 0.000000149. The van der Waals surface area contributed by atoms with Gasteiger partial charge in [0.25, 0.3) is 0 Å². The molecule has 3 aromatic carbocycles.